The number of hydrogen-bond acceptors (Lipinski definition) is 2. The summed E-state index contributed by atoms with van der Waals surface area (Å²) in [5, 5.41) is 9.47. The molecule has 0 saturated heterocycles. The van der Waals surface area contributed by atoms with Crippen LogP contribution in [0.3, 0.4) is 0 Å². The highest BCUT2D eigenvalue weighted by Crippen LogP contribution is 2.17. The van der Waals surface area contributed by atoms with Gasteiger partial charge in [0.05, 0.1) is 0 Å². The van der Waals surface area contributed by atoms with E-state index in [2.05, 4.69) is 4.98 Å². The van der Waals surface area contributed by atoms with Crippen LogP contribution in [0.2, 0.25) is 5.28 Å². The van der Waals surface area contributed by atoms with Gasteiger partial charge in [0.15, 0.2) is 0 Å². The van der Waals surface area contributed by atoms with Gasteiger partial charge in [-0.3, -0.25) is 4.57 Å². The number of nitrogens with zero attached hydrogens (tertiary/aromatic N) is 2. The van der Waals surface area contributed by atoms with Crippen LogP contribution in [0.1, 0.15) is 0 Å². The number of aromatic hydroxyl groups is 1. The first-order valence-electron chi connectivity index (χ1n) is 3.75. The molecule has 0 fully saturated rings. The van der Waals surface area contributed by atoms with E-state index in [1.54, 1.807) is 41.2 Å². The number of phenolic OH excluding ortho intramolecular Hbond substituents is 1. The third-order valence-electron chi connectivity index (χ3n) is 1.72. The lowest BCUT2D eigenvalue weighted by atomic mass is 10.3. The molecule has 0 radical (unpaired) electrons. The lowest BCUT2D eigenvalue weighted by molar-refractivity contribution is 0.475. The molecule has 0 atom stereocenters. The molecule has 0 aliphatic rings. The van der Waals surface area contributed by atoms with Gasteiger partial charge in [-0.1, -0.05) is 0 Å². The Labute approximate surface area is 80.2 Å². The number of benzene rings is 1. The molecule has 4 heteroatoms. The summed E-state index contributed by atoms with van der Waals surface area (Å²) in [5.41, 5.74) is 0.875. The third-order valence-corrected chi connectivity index (χ3v) is 2.00. The SMILES string of the molecule is Oc1ccc(-n2ccnc2Cl)cc1. The van der Waals surface area contributed by atoms with E-state index in [0.29, 0.717) is 5.28 Å². The molecule has 2 aromatic rings. The molecule has 1 heterocycles. The summed E-state index contributed by atoms with van der Waals surface area (Å²) in [5.74, 6) is 0.236. The molecule has 0 saturated carbocycles. The lowest BCUT2D eigenvalue weighted by Gasteiger charge is -2.02. The Bertz CT molecular complexity index is 408. The van der Waals surface area contributed by atoms with E-state index < -0.39 is 0 Å². The highest BCUT2D eigenvalue weighted by atomic mass is 35.5. The van der Waals surface area contributed by atoms with Crippen LogP contribution in [0.5, 0.6) is 5.75 Å². The topological polar surface area (TPSA) is 38.0 Å². The van der Waals surface area contributed by atoms with Crippen molar-refractivity contribution in [2.75, 3.05) is 0 Å². The molecule has 3 nitrogen and oxygen atoms in total. The number of phenols is 1. The molecule has 0 spiro atoms. The van der Waals surface area contributed by atoms with E-state index in [-0.39, 0.29) is 5.75 Å². The first-order valence-corrected chi connectivity index (χ1v) is 4.13. The van der Waals surface area contributed by atoms with Gasteiger partial charge in [-0.25, -0.2) is 4.98 Å². The van der Waals surface area contributed by atoms with Gasteiger partial charge in [-0.15, -0.1) is 0 Å². The Balaban J connectivity index is 2.47. The van der Waals surface area contributed by atoms with Crippen molar-refractivity contribution < 1.29 is 5.11 Å². The largest absolute Gasteiger partial charge is 0.508 e. The summed E-state index contributed by atoms with van der Waals surface area (Å²) in [6, 6.07) is 6.74. The Morgan fingerprint density at radius 3 is 2.46 bits per heavy atom. The standard InChI is InChI=1S/C9H7ClN2O/c10-9-11-5-6-12(9)7-1-3-8(13)4-2-7/h1-6,13H. The molecule has 0 aliphatic heterocycles. The molecule has 66 valence electrons. The lowest BCUT2D eigenvalue weighted by Crippen LogP contribution is -1.90. The number of rotatable bonds is 1. The van der Waals surface area contributed by atoms with Crippen molar-refractivity contribution in [2.45, 2.75) is 0 Å². The molecule has 1 aromatic heterocycles. The summed E-state index contributed by atoms with van der Waals surface area (Å²) in [6.45, 7) is 0. The summed E-state index contributed by atoms with van der Waals surface area (Å²) >= 11 is 5.80. The van der Waals surface area contributed by atoms with Crippen molar-refractivity contribution >= 4 is 11.6 Å². The zero-order chi connectivity index (χ0) is 9.26. The molecular formula is C9H7ClN2O. The molecule has 1 N–H and O–H groups in total. The highest BCUT2D eigenvalue weighted by Gasteiger charge is 2.00. The van der Waals surface area contributed by atoms with Crippen LogP contribution in [0.15, 0.2) is 36.7 Å². The molecule has 13 heavy (non-hydrogen) atoms. The van der Waals surface area contributed by atoms with Crippen molar-refractivity contribution in [3.05, 3.63) is 41.9 Å². The van der Waals surface area contributed by atoms with Gasteiger partial charge in [0.1, 0.15) is 5.75 Å². The van der Waals surface area contributed by atoms with E-state index >= 15 is 0 Å². The Hall–Kier alpha value is -1.48. The van der Waals surface area contributed by atoms with E-state index in [4.69, 9.17) is 16.7 Å². The molecule has 2 rings (SSSR count). The minimum Gasteiger partial charge on any atom is -0.508 e. The van der Waals surface area contributed by atoms with Crippen LogP contribution >= 0.6 is 11.6 Å². The van der Waals surface area contributed by atoms with Gasteiger partial charge in [-0.05, 0) is 35.9 Å². The second kappa shape index (κ2) is 3.11. The van der Waals surface area contributed by atoms with Crippen LogP contribution in [0.4, 0.5) is 0 Å². The van der Waals surface area contributed by atoms with E-state index in [9.17, 15) is 0 Å². The van der Waals surface area contributed by atoms with Gasteiger partial charge in [-0.2, -0.15) is 0 Å². The van der Waals surface area contributed by atoms with E-state index in [0.717, 1.165) is 5.69 Å². The minimum atomic E-state index is 0.236. The Morgan fingerprint density at radius 2 is 1.92 bits per heavy atom. The summed E-state index contributed by atoms with van der Waals surface area (Å²) in [6.07, 6.45) is 3.38. The molecular weight excluding hydrogens is 188 g/mol. The fourth-order valence-electron chi connectivity index (χ4n) is 1.09. The maximum Gasteiger partial charge on any atom is 0.207 e. The average molecular weight is 195 g/mol. The summed E-state index contributed by atoms with van der Waals surface area (Å²) in [4.78, 5) is 3.88. The zero-order valence-corrected chi connectivity index (χ0v) is 7.44. The first kappa shape index (κ1) is 8.13. The fraction of sp³-hybridized carbons (Fsp3) is 0. The second-order valence-corrected chi connectivity index (χ2v) is 2.92. The first-order chi connectivity index (χ1) is 6.27. The molecule has 0 amide bonds. The second-order valence-electron chi connectivity index (χ2n) is 2.58. The monoisotopic (exact) mass is 194 g/mol. The molecule has 0 bridgehead atoms. The predicted octanol–water partition coefficient (Wildman–Crippen LogP) is 2.23. The molecule has 0 unspecified atom stereocenters. The summed E-state index contributed by atoms with van der Waals surface area (Å²) in [7, 11) is 0. The smallest absolute Gasteiger partial charge is 0.207 e. The van der Waals surface area contributed by atoms with Crippen molar-refractivity contribution in [1.29, 1.82) is 0 Å². The average Bonchev–Trinajstić information content (AvgIpc) is 2.53. The van der Waals surface area contributed by atoms with Gasteiger partial charge >= 0.3 is 0 Å². The van der Waals surface area contributed by atoms with Crippen LogP contribution in [0, 0.1) is 0 Å². The van der Waals surface area contributed by atoms with Crippen LogP contribution in [-0.2, 0) is 0 Å². The van der Waals surface area contributed by atoms with Crippen LogP contribution < -0.4 is 0 Å². The van der Waals surface area contributed by atoms with Crippen molar-refractivity contribution in [3.63, 3.8) is 0 Å². The van der Waals surface area contributed by atoms with Crippen molar-refractivity contribution in [1.82, 2.24) is 9.55 Å². The number of halogens is 1. The molecule has 1 aromatic carbocycles. The van der Waals surface area contributed by atoms with Crippen molar-refractivity contribution in [3.8, 4) is 11.4 Å². The van der Waals surface area contributed by atoms with Crippen molar-refractivity contribution in [2.24, 2.45) is 0 Å². The van der Waals surface area contributed by atoms with Gasteiger partial charge in [0, 0.05) is 18.1 Å². The van der Waals surface area contributed by atoms with Gasteiger partial charge in [0.2, 0.25) is 5.28 Å². The normalized spacial score (nSPS) is 10.2. The maximum absolute atomic E-state index is 9.07. The maximum atomic E-state index is 9.07. The fourth-order valence-corrected chi connectivity index (χ4v) is 1.30. The van der Waals surface area contributed by atoms with Crippen LogP contribution in [0.25, 0.3) is 5.69 Å². The van der Waals surface area contributed by atoms with Gasteiger partial charge < -0.3 is 5.11 Å². The van der Waals surface area contributed by atoms with E-state index in [1.807, 2.05) is 0 Å². The number of imidazole rings is 1. The predicted molar refractivity (Wildman–Crippen MR) is 50.2 cm³/mol. The third kappa shape index (κ3) is 1.51. The quantitative estimate of drug-likeness (QED) is 0.756. The number of aromatic nitrogens is 2. The minimum absolute atomic E-state index is 0.236. The molecule has 0 aliphatic carbocycles. The Kier molecular flexibility index (Phi) is 1.94. The summed E-state index contributed by atoms with van der Waals surface area (Å²) < 4.78 is 1.72. The zero-order valence-electron chi connectivity index (χ0n) is 6.68. The number of hydrogen-bond donors (Lipinski definition) is 1. The Morgan fingerprint density at radius 1 is 1.23 bits per heavy atom. The highest BCUT2D eigenvalue weighted by molar-refractivity contribution is 6.28. The van der Waals surface area contributed by atoms with Gasteiger partial charge in [0.25, 0.3) is 0 Å². The van der Waals surface area contributed by atoms with Crippen LogP contribution in [-0.4, -0.2) is 14.7 Å². The van der Waals surface area contributed by atoms with E-state index in [1.165, 1.54) is 0 Å².